The van der Waals surface area contributed by atoms with Crippen molar-refractivity contribution in [2.75, 3.05) is 13.7 Å². The van der Waals surface area contributed by atoms with E-state index >= 15 is 0 Å². The van der Waals surface area contributed by atoms with Crippen LogP contribution in [-0.4, -0.2) is 40.1 Å². The maximum absolute atomic E-state index is 14.1. The summed E-state index contributed by atoms with van der Waals surface area (Å²) in [6.07, 6.45) is 5.05. The first-order chi connectivity index (χ1) is 16.9. The first-order valence-electron chi connectivity index (χ1n) is 11.8. The lowest BCUT2D eigenvalue weighted by Crippen LogP contribution is -2.50. The lowest BCUT2D eigenvalue weighted by atomic mass is 9.99. The van der Waals surface area contributed by atoms with Crippen molar-refractivity contribution < 1.29 is 18.4 Å². The van der Waals surface area contributed by atoms with E-state index in [1.165, 1.54) is 6.07 Å². The van der Waals surface area contributed by atoms with Gasteiger partial charge in [-0.05, 0) is 74.2 Å². The Hall–Kier alpha value is -3.62. The van der Waals surface area contributed by atoms with E-state index < -0.39 is 17.7 Å². The molecule has 1 saturated heterocycles. The Bertz CT molecular complexity index is 1250. The van der Waals surface area contributed by atoms with Crippen LogP contribution >= 0.6 is 0 Å². The number of aryl methyl sites for hydroxylation is 2. The summed E-state index contributed by atoms with van der Waals surface area (Å²) in [4.78, 5) is 12.3. The second kappa shape index (κ2) is 9.20. The molecule has 35 heavy (non-hydrogen) atoms. The Labute approximate surface area is 203 Å². The summed E-state index contributed by atoms with van der Waals surface area (Å²) in [7, 11) is 1.66. The third-order valence-electron chi connectivity index (χ3n) is 6.81. The molecule has 7 nitrogen and oxygen atoms in total. The number of methoxy groups -OCH3 is 1. The summed E-state index contributed by atoms with van der Waals surface area (Å²) in [5.74, 6) is -0.302. The average molecular weight is 482 g/mol. The summed E-state index contributed by atoms with van der Waals surface area (Å²) < 4.78 is 35.5. The van der Waals surface area contributed by atoms with E-state index in [-0.39, 0.29) is 17.6 Å². The predicted octanol–water partition coefficient (Wildman–Crippen LogP) is 4.93. The van der Waals surface area contributed by atoms with Crippen molar-refractivity contribution in [1.82, 2.24) is 19.8 Å². The van der Waals surface area contributed by atoms with Gasteiger partial charge in [-0.2, -0.15) is 0 Å². The van der Waals surface area contributed by atoms with E-state index in [2.05, 4.69) is 26.4 Å². The zero-order valence-electron chi connectivity index (χ0n) is 20.3. The maximum Gasteiger partial charge on any atom is 0.237 e. The number of ether oxygens (including phenoxy) is 1. The minimum Gasteiger partial charge on any atom is -0.495 e. The van der Waals surface area contributed by atoms with Crippen LogP contribution in [0.15, 0.2) is 48.0 Å². The Balaban J connectivity index is 1.39. The third-order valence-corrected chi connectivity index (χ3v) is 6.81. The van der Waals surface area contributed by atoms with Gasteiger partial charge in [0.15, 0.2) is 17.7 Å². The van der Waals surface area contributed by atoms with Gasteiger partial charge in [-0.15, -0.1) is 0 Å². The van der Waals surface area contributed by atoms with Crippen LogP contribution in [0, 0.1) is 25.5 Å². The van der Waals surface area contributed by atoms with Crippen molar-refractivity contribution in [3.05, 3.63) is 76.9 Å². The summed E-state index contributed by atoms with van der Waals surface area (Å²) in [6.45, 7) is 6.29. The number of aromatic nitrogens is 2. The fourth-order valence-electron chi connectivity index (χ4n) is 4.90. The molecule has 184 valence electrons. The quantitative estimate of drug-likeness (QED) is 0.572. The smallest absolute Gasteiger partial charge is 0.237 e. The molecule has 0 amide bonds. The van der Waals surface area contributed by atoms with Crippen molar-refractivity contribution in [2.45, 2.75) is 51.8 Å². The van der Waals surface area contributed by atoms with Crippen LogP contribution in [0.4, 0.5) is 8.78 Å². The molecule has 0 spiro atoms. The van der Waals surface area contributed by atoms with Crippen molar-refractivity contribution in [3.63, 3.8) is 0 Å². The molecular weight excluding hydrogens is 452 g/mol. The number of imidazole rings is 1. The molecule has 0 aliphatic carbocycles. The second-order valence-corrected chi connectivity index (χ2v) is 9.20. The summed E-state index contributed by atoms with van der Waals surface area (Å²) in [5.41, 5.74) is 3.76. The molecule has 2 aliphatic heterocycles. The normalized spacial score (nSPS) is 21.9. The Kier molecular flexibility index (Phi) is 6.08. The standard InChI is InChI=1S/C26H29F2N5O2/c1-15-10-19(11-20(27)24(15)28)25-17(3)33-9-5-6-21(30-26(33)31-35-25)18-7-8-22(23(12-18)34-4)32-13-16(2)29-14-32/h7-8,10-14,17,21,25H,5-6,9H2,1-4H3,(H,30,31). The lowest BCUT2D eigenvalue weighted by molar-refractivity contribution is -0.0157. The van der Waals surface area contributed by atoms with Crippen LogP contribution < -0.4 is 10.1 Å². The van der Waals surface area contributed by atoms with Crippen LogP contribution in [-0.2, 0) is 4.84 Å². The molecule has 5 rings (SSSR count). The van der Waals surface area contributed by atoms with Gasteiger partial charge in [-0.25, -0.2) is 13.8 Å². The van der Waals surface area contributed by atoms with Crippen molar-refractivity contribution in [2.24, 2.45) is 5.16 Å². The highest BCUT2D eigenvalue weighted by atomic mass is 19.2. The maximum atomic E-state index is 14.1. The fraction of sp³-hybridized carbons (Fsp3) is 0.385. The third kappa shape index (κ3) is 4.31. The van der Waals surface area contributed by atoms with Gasteiger partial charge in [0.2, 0.25) is 5.96 Å². The van der Waals surface area contributed by atoms with Gasteiger partial charge in [0, 0.05) is 18.3 Å². The number of benzene rings is 2. The average Bonchev–Trinajstić information content (AvgIpc) is 3.15. The van der Waals surface area contributed by atoms with Crippen LogP contribution in [0.5, 0.6) is 5.75 Å². The highest BCUT2D eigenvalue weighted by molar-refractivity contribution is 5.81. The van der Waals surface area contributed by atoms with E-state index in [0.29, 0.717) is 11.5 Å². The first-order valence-corrected chi connectivity index (χ1v) is 11.8. The summed E-state index contributed by atoms with van der Waals surface area (Å²) in [6, 6.07) is 8.89. The monoisotopic (exact) mass is 481 g/mol. The summed E-state index contributed by atoms with van der Waals surface area (Å²) in [5, 5.41) is 7.88. The van der Waals surface area contributed by atoms with E-state index in [4.69, 9.17) is 9.57 Å². The topological polar surface area (TPSA) is 63.9 Å². The van der Waals surface area contributed by atoms with Gasteiger partial charge in [0.1, 0.15) is 5.75 Å². The Morgan fingerprint density at radius 1 is 1.14 bits per heavy atom. The zero-order chi connectivity index (χ0) is 24.7. The van der Waals surface area contributed by atoms with Gasteiger partial charge >= 0.3 is 0 Å². The van der Waals surface area contributed by atoms with Crippen LogP contribution in [0.2, 0.25) is 0 Å². The molecule has 1 fully saturated rings. The number of oxime groups is 1. The molecule has 3 aromatic rings. The molecule has 1 aromatic heterocycles. The molecule has 1 N–H and O–H groups in total. The molecule has 0 bridgehead atoms. The second-order valence-electron chi connectivity index (χ2n) is 9.20. The number of hydrogen-bond acceptors (Lipinski definition) is 6. The molecule has 0 saturated carbocycles. The van der Waals surface area contributed by atoms with Crippen LogP contribution in [0.3, 0.4) is 0 Å². The molecule has 3 atom stereocenters. The van der Waals surface area contributed by atoms with Crippen molar-refractivity contribution in [3.8, 4) is 11.4 Å². The van der Waals surface area contributed by atoms with E-state index in [0.717, 1.165) is 42.1 Å². The minimum absolute atomic E-state index is 0.0177. The highest BCUT2D eigenvalue weighted by Gasteiger charge is 2.36. The lowest BCUT2D eigenvalue weighted by Gasteiger charge is -2.38. The van der Waals surface area contributed by atoms with Gasteiger partial charge < -0.3 is 24.4 Å². The molecule has 9 heteroatoms. The van der Waals surface area contributed by atoms with Gasteiger partial charge in [0.25, 0.3) is 0 Å². The number of nitrogens with zero attached hydrogens (tertiary/aromatic N) is 4. The molecule has 2 aliphatic rings. The number of guanidine groups is 1. The molecular formula is C26H29F2N5O2. The number of rotatable bonds is 4. The summed E-state index contributed by atoms with van der Waals surface area (Å²) >= 11 is 0. The number of fused-ring (bicyclic) bond motifs is 1. The Morgan fingerprint density at radius 2 is 1.97 bits per heavy atom. The zero-order valence-corrected chi connectivity index (χ0v) is 20.3. The molecule has 2 aromatic carbocycles. The van der Waals surface area contributed by atoms with E-state index in [1.54, 1.807) is 26.4 Å². The minimum atomic E-state index is -0.872. The fourth-order valence-corrected chi connectivity index (χ4v) is 4.90. The van der Waals surface area contributed by atoms with Gasteiger partial charge in [0.05, 0.1) is 36.9 Å². The van der Waals surface area contributed by atoms with Gasteiger partial charge in [-0.1, -0.05) is 6.07 Å². The molecule has 3 unspecified atom stereocenters. The van der Waals surface area contributed by atoms with E-state index in [9.17, 15) is 8.78 Å². The van der Waals surface area contributed by atoms with Gasteiger partial charge in [-0.3, -0.25) is 0 Å². The number of nitrogens with one attached hydrogen (secondary N) is 1. The number of hydrogen-bond donors (Lipinski definition) is 1. The van der Waals surface area contributed by atoms with Crippen molar-refractivity contribution in [1.29, 1.82) is 0 Å². The van der Waals surface area contributed by atoms with Crippen LogP contribution in [0.1, 0.15) is 54.3 Å². The predicted molar refractivity (Wildman–Crippen MR) is 128 cm³/mol. The van der Waals surface area contributed by atoms with Crippen LogP contribution in [0.25, 0.3) is 5.69 Å². The first kappa shape index (κ1) is 23.1. The highest BCUT2D eigenvalue weighted by Crippen LogP contribution is 2.35. The molecule has 0 radical (unpaired) electrons. The van der Waals surface area contributed by atoms with E-state index in [1.807, 2.05) is 36.7 Å². The van der Waals surface area contributed by atoms with Crippen molar-refractivity contribution >= 4 is 5.96 Å². The Morgan fingerprint density at radius 3 is 2.69 bits per heavy atom. The molecule has 3 heterocycles. The SMILES string of the molecule is COc1cc(C2CCCN3C(=NOC(c4cc(C)c(F)c(F)c4)C3C)N2)ccc1-n1cnc(C)c1. The number of halogens is 2. The largest absolute Gasteiger partial charge is 0.495 e.